The molecule has 7 N–H and O–H groups in total. The van der Waals surface area contributed by atoms with E-state index in [-0.39, 0.29) is 53.5 Å². The third-order valence-electron chi connectivity index (χ3n) is 22.4. The van der Waals surface area contributed by atoms with E-state index in [0.717, 1.165) is 147 Å². The van der Waals surface area contributed by atoms with Crippen molar-refractivity contribution in [3.05, 3.63) is 169 Å². The standard InChI is InChI=1S/C48H56N8O8.C35H38N6O2.C5H10O2/c1-61-47(59)53-41(31-15-21-63-22-16-31)45(57)55-19-3-5-39(55)43-49-27-37(51-43)30-9-7-29(8-10-30)33-11-12-35-26-36(14-13-34(35)25-33)38-28-50-44(52-38)40-6-4-20-56(40)46(58)42(54-48(60)62-2)32-17-23-64-24-18-32;1-35(2,3)43-34(42)41-17-5-7-31(41)33-38-21-30(40-33)27-15-14-25-18-24(12-13-26(25)19-27)22-8-10-23(11-9-22)29-20-37-32(39-29)28-6-4-16-36-28;1-5(2,3)7-4-6/h7-14,25-28,31-32,39-42H,3-6,15-24H2,1-2H3,(H,49,51)(H,50,52)(H,53,59)(H,54,60);8-15,18-21,28,31,36H,4-7,16-17H2,1-3H3,(H,37,39)(H,38,40);4H,1-3H3/t39-,40-,41-,42-;28-,31-;/m00./s1. The third kappa shape index (κ3) is 18.8. The van der Waals surface area contributed by atoms with Crippen molar-refractivity contribution < 1.29 is 57.2 Å². The lowest BCUT2D eigenvalue weighted by atomic mass is 9.90. The average molecular weight is 1550 g/mol. The largest absolute Gasteiger partial charge is 0.462 e. The minimum atomic E-state index is -0.686. The van der Waals surface area contributed by atoms with E-state index >= 15 is 0 Å². The SMILES string of the molecule is CC(C)(C)OC(=O)N1CCC[C@H]1c1ncc(-c2ccc3cc(-c4ccc(-c5cnc([C@@H]6CCCN6)[nH]5)cc4)ccc3c2)[nH]1.CC(C)(C)OC=O.COC(=O)N[C@H](C(=O)N1CCC[C@H]1c1ncc(-c2ccc(-c3ccc4cc(-c5cnc([C@@H]6CCCN6C(=O)[C@@H](NC(=O)OC)C6CCOCC6)[nH]5)ccc4c3)cc2)[nH]1)C1CCOCC1. The maximum atomic E-state index is 14.0. The van der Waals surface area contributed by atoms with Crippen LogP contribution in [0.15, 0.2) is 146 Å². The highest BCUT2D eigenvalue weighted by molar-refractivity contribution is 5.93. The van der Waals surface area contributed by atoms with Crippen LogP contribution in [0.4, 0.5) is 14.4 Å². The summed E-state index contributed by atoms with van der Waals surface area (Å²) in [6.07, 6.45) is 16.1. The predicted molar refractivity (Wildman–Crippen MR) is 434 cm³/mol. The maximum absolute atomic E-state index is 14.0. The molecule has 6 aliphatic heterocycles. The van der Waals surface area contributed by atoms with E-state index in [1.54, 1.807) is 4.90 Å². The normalized spacial score (nSPS) is 19.3. The zero-order valence-electron chi connectivity index (χ0n) is 66.2. The molecule has 0 radical (unpaired) electrons. The number of nitrogens with zero attached hydrogens (tertiary/aromatic N) is 7. The van der Waals surface area contributed by atoms with Crippen LogP contribution in [0.1, 0.15) is 166 Å². The topological polar surface area (TPSA) is 318 Å². The Balaban J connectivity index is 0.000000185. The first-order valence-electron chi connectivity index (χ1n) is 39.9. The Hall–Kier alpha value is -11.2. The van der Waals surface area contributed by atoms with Crippen molar-refractivity contribution in [3.63, 3.8) is 0 Å². The molecule has 4 aromatic heterocycles. The molecule has 0 bridgehead atoms. The van der Waals surface area contributed by atoms with Gasteiger partial charge in [0, 0.05) is 57.2 Å². The predicted octanol–water partition coefficient (Wildman–Crippen LogP) is 15.7. The molecule has 10 aromatic rings. The molecule has 0 aliphatic carbocycles. The maximum Gasteiger partial charge on any atom is 0.410 e. The molecule has 114 heavy (non-hydrogen) atoms. The number of amides is 5. The number of imidazole rings is 4. The lowest BCUT2D eigenvalue weighted by molar-refractivity contribution is -0.139. The number of ether oxygens (including phenoxy) is 6. The van der Waals surface area contributed by atoms with Crippen LogP contribution in [0.5, 0.6) is 0 Å². The lowest BCUT2D eigenvalue weighted by Gasteiger charge is -2.34. The van der Waals surface area contributed by atoms with Crippen molar-refractivity contribution in [2.24, 2.45) is 11.8 Å². The van der Waals surface area contributed by atoms with Crippen molar-refractivity contribution in [2.45, 2.75) is 166 Å². The summed E-state index contributed by atoms with van der Waals surface area (Å²) in [5, 5.41) is 13.7. The van der Waals surface area contributed by atoms with Crippen molar-refractivity contribution in [2.75, 3.05) is 66.8 Å². The number of rotatable bonds is 17. The number of likely N-dealkylation sites (tertiary alicyclic amines) is 3. The molecule has 26 heteroatoms. The number of hydrogen-bond donors (Lipinski definition) is 7. The van der Waals surface area contributed by atoms with Crippen molar-refractivity contribution >= 4 is 58.1 Å². The van der Waals surface area contributed by atoms with Crippen molar-refractivity contribution in [1.82, 2.24) is 70.5 Å². The highest BCUT2D eigenvalue weighted by Crippen LogP contribution is 2.40. The van der Waals surface area contributed by atoms with E-state index in [9.17, 15) is 28.8 Å². The Morgan fingerprint density at radius 3 is 1.16 bits per heavy atom. The number of fused-ring (bicyclic) bond motifs is 2. The number of aromatic nitrogens is 8. The Morgan fingerprint density at radius 1 is 0.439 bits per heavy atom. The Bertz CT molecular complexity index is 5000. The van der Waals surface area contributed by atoms with E-state index in [1.807, 2.05) is 76.1 Å². The molecule has 6 aliphatic rings. The van der Waals surface area contributed by atoms with Crippen LogP contribution < -0.4 is 16.0 Å². The summed E-state index contributed by atoms with van der Waals surface area (Å²) in [4.78, 5) is 113. The minimum absolute atomic E-state index is 0.0281. The number of H-pyrrole nitrogens is 4. The van der Waals surface area contributed by atoms with E-state index < -0.39 is 29.9 Å². The van der Waals surface area contributed by atoms with Crippen LogP contribution in [-0.4, -0.2) is 181 Å². The highest BCUT2D eigenvalue weighted by Gasteiger charge is 2.43. The monoisotopic (exact) mass is 1550 g/mol. The van der Waals surface area contributed by atoms with Gasteiger partial charge in [-0.1, -0.05) is 97.1 Å². The van der Waals surface area contributed by atoms with Gasteiger partial charge in [0.25, 0.3) is 6.47 Å². The fourth-order valence-corrected chi connectivity index (χ4v) is 16.4. The molecule has 26 nitrogen and oxygen atoms in total. The first-order chi connectivity index (χ1) is 55.1. The lowest BCUT2D eigenvalue weighted by Crippen LogP contribution is -2.53. The van der Waals surface area contributed by atoms with Gasteiger partial charge in [0.15, 0.2) is 0 Å². The molecule has 598 valence electrons. The first-order valence-corrected chi connectivity index (χ1v) is 39.9. The number of benzene rings is 6. The second-order valence-corrected chi connectivity index (χ2v) is 32.2. The van der Waals surface area contributed by atoms with Gasteiger partial charge in [-0.2, -0.15) is 0 Å². The zero-order chi connectivity index (χ0) is 79.6. The summed E-state index contributed by atoms with van der Waals surface area (Å²) in [7, 11) is 2.62. The van der Waals surface area contributed by atoms with Gasteiger partial charge in [0.1, 0.15) is 46.6 Å². The molecule has 0 unspecified atom stereocenters. The van der Waals surface area contributed by atoms with Crippen LogP contribution in [0.25, 0.3) is 88.8 Å². The van der Waals surface area contributed by atoms with Crippen molar-refractivity contribution in [1.29, 1.82) is 0 Å². The number of hydrogen-bond acceptors (Lipinski definition) is 17. The first kappa shape index (κ1) is 79.4. The van der Waals surface area contributed by atoms with E-state index in [4.69, 9.17) is 33.7 Å². The average Bonchev–Trinajstić information content (AvgIpc) is 1.62. The Labute approximate surface area is 664 Å². The fraction of sp³-hybridized carbons (Fsp3) is 0.432. The van der Waals surface area contributed by atoms with E-state index in [1.165, 1.54) is 37.2 Å². The summed E-state index contributed by atoms with van der Waals surface area (Å²) in [5.41, 5.74) is 11.6. The highest BCUT2D eigenvalue weighted by atomic mass is 16.6. The number of alkyl carbamates (subject to hydrolysis) is 2. The van der Waals surface area contributed by atoms with E-state index in [0.29, 0.717) is 84.3 Å². The molecule has 6 aromatic carbocycles. The van der Waals surface area contributed by atoms with Crippen LogP contribution >= 0.6 is 0 Å². The molecule has 6 saturated heterocycles. The summed E-state index contributed by atoms with van der Waals surface area (Å²) in [6.45, 7) is 16.8. The molecule has 6 atom stereocenters. The van der Waals surface area contributed by atoms with Crippen LogP contribution in [0.2, 0.25) is 0 Å². The van der Waals surface area contributed by atoms with Crippen LogP contribution in [0, 0.1) is 11.8 Å². The molecule has 6 fully saturated rings. The van der Waals surface area contributed by atoms with Gasteiger partial charge < -0.3 is 74.1 Å². The molecule has 16 rings (SSSR count). The van der Waals surface area contributed by atoms with Gasteiger partial charge in [-0.25, -0.2) is 34.3 Å². The molecule has 10 heterocycles. The zero-order valence-corrected chi connectivity index (χ0v) is 66.2. The molecule has 0 spiro atoms. The van der Waals surface area contributed by atoms with Gasteiger partial charge in [-0.3, -0.25) is 19.3 Å². The van der Waals surface area contributed by atoms with Gasteiger partial charge in [-0.15, -0.1) is 0 Å². The van der Waals surface area contributed by atoms with Gasteiger partial charge >= 0.3 is 18.3 Å². The number of nitrogens with one attached hydrogen (secondary N) is 7. The quantitative estimate of drug-likeness (QED) is 0.0329. The van der Waals surface area contributed by atoms with Crippen molar-refractivity contribution in [3.8, 4) is 67.3 Å². The minimum Gasteiger partial charge on any atom is -0.462 e. The number of carbonyl (C=O) groups is 6. The Morgan fingerprint density at radius 2 is 0.789 bits per heavy atom. The summed E-state index contributed by atoms with van der Waals surface area (Å²) in [5.74, 6) is 3.01. The number of carbonyl (C=O) groups excluding carboxylic acids is 6. The Kier molecular flexibility index (Phi) is 24.7. The fourth-order valence-electron chi connectivity index (χ4n) is 16.4. The third-order valence-corrected chi connectivity index (χ3v) is 22.4. The summed E-state index contributed by atoms with van der Waals surface area (Å²) >= 11 is 0. The van der Waals surface area contributed by atoms with Crippen LogP contribution in [0.3, 0.4) is 0 Å². The molecule has 0 saturated carbocycles. The second kappa shape index (κ2) is 35.4. The molecular weight excluding hydrogens is 1450 g/mol. The van der Waals surface area contributed by atoms with Gasteiger partial charge in [-0.05, 0) is 216 Å². The molecular formula is C88H104N14O12. The second-order valence-electron chi connectivity index (χ2n) is 32.2. The number of methoxy groups -OCH3 is 2. The molecule has 5 amide bonds. The number of aromatic amines is 4. The van der Waals surface area contributed by atoms with Gasteiger partial charge in [0.05, 0.1) is 86.0 Å². The van der Waals surface area contributed by atoms with Crippen LogP contribution in [-0.2, 0) is 42.8 Å². The smallest absolute Gasteiger partial charge is 0.410 e. The summed E-state index contributed by atoms with van der Waals surface area (Å²) in [6, 6.07) is 41.3. The van der Waals surface area contributed by atoms with Gasteiger partial charge in [0.2, 0.25) is 11.8 Å². The van der Waals surface area contributed by atoms with E-state index in [2.05, 4.69) is 172 Å². The summed E-state index contributed by atoms with van der Waals surface area (Å²) < 4.78 is 31.0.